The van der Waals surface area contributed by atoms with Gasteiger partial charge in [-0.05, 0) is 155 Å². The molecule has 0 spiro atoms. The number of halogens is 1. The van der Waals surface area contributed by atoms with Gasteiger partial charge in [-0.1, -0.05) is 198 Å². The number of thiophene rings is 1. The van der Waals surface area contributed by atoms with E-state index >= 15 is 0 Å². The van der Waals surface area contributed by atoms with E-state index in [2.05, 4.69) is 268 Å². The van der Waals surface area contributed by atoms with Crippen LogP contribution in [0.5, 0.6) is 0 Å². The molecule has 0 fully saturated rings. The first-order valence-corrected chi connectivity index (χ1v) is 26.6. The van der Waals surface area contributed by atoms with Crippen molar-refractivity contribution in [3.05, 3.63) is 203 Å². The van der Waals surface area contributed by atoms with Crippen LogP contribution in [0.4, 0.5) is 34.1 Å². The molecule has 1 aromatic heterocycles. The molecule has 0 saturated heterocycles. The first-order chi connectivity index (χ1) is 33.7. The van der Waals surface area contributed by atoms with Crippen LogP contribution in [0.1, 0.15) is 112 Å². The topological polar surface area (TPSA) is 6.48 Å². The van der Waals surface area contributed by atoms with Crippen molar-refractivity contribution in [1.29, 1.82) is 0 Å². The lowest BCUT2D eigenvalue weighted by Gasteiger charge is -2.33. The van der Waals surface area contributed by atoms with E-state index in [9.17, 15) is 0 Å². The highest BCUT2D eigenvalue weighted by Gasteiger charge is 2.29. The van der Waals surface area contributed by atoms with Crippen LogP contribution >= 0.6 is 22.9 Å². The van der Waals surface area contributed by atoms with Crippen molar-refractivity contribution in [2.75, 3.05) is 9.80 Å². The van der Waals surface area contributed by atoms with Crippen molar-refractivity contribution in [2.24, 2.45) is 0 Å². The molecule has 0 radical (unpaired) electrons. The SMILES string of the molecule is CCC(C)(C)c1ccc(N(c2ccc(C(C)(C)C)cc2-c2ccc3c4ccccc4c4ccccc4c3c2)c2cccc(N(c3ccc(C(C)(C)C)cc3)c3csc4ccc(C(C)(C)C)cc34)c2Cl)cc1. The Morgan fingerprint density at radius 2 is 0.859 bits per heavy atom. The van der Waals surface area contributed by atoms with Gasteiger partial charge in [0.15, 0.2) is 0 Å². The molecule has 0 aliphatic heterocycles. The van der Waals surface area contributed by atoms with Gasteiger partial charge in [-0.2, -0.15) is 0 Å². The lowest BCUT2D eigenvalue weighted by Crippen LogP contribution is -2.18. The van der Waals surface area contributed by atoms with Crippen LogP contribution in [-0.4, -0.2) is 0 Å². The van der Waals surface area contributed by atoms with E-state index in [0.717, 1.165) is 51.7 Å². The van der Waals surface area contributed by atoms with Crippen molar-refractivity contribution >= 4 is 99.5 Å². The predicted octanol–water partition coefficient (Wildman–Crippen LogP) is 21.2. The van der Waals surface area contributed by atoms with Crippen molar-refractivity contribution < 1.29 is 0 Å². The van der Waals surface area contributed by atoms with Crippen LogP contribution in [0.2, 0.25) is 5.02 Å². The molecule has 0 unspecified atom stereocenters. The summed E-state index contributed by atoms with van der Waals surface area (Å²) < 4.78 is 1.24. The number of nitrogens with zero attached hydrogens (tertiary/aromatic N) is 2. The Kier molecular flexibility index (Phi) is 12.3. The summed E-state index contributed by atoms with van der Waals surface area (Å²) in [5.74, 6) is 0. The molecule has 0 amide bonds. The van der Waals surface area contributed by atoms with Gasteiger partial charge in [0.1, 0.15) is 0 Å². The Morgan fingerprint density at radius 3 is 1.39 bits per heavy atom. The van der Waals surface area contributed by atoms with Crippen LogP contribution in [0.15, 0.2) is 175 Å². The molecule has 358 valence electrons. The standard InChI is InChI=1S/C67H67ClN2S/c1-13-67(11,12)45-28-34-48(35-29-45)69(58-37-30-46(65(5,6)7)40-55(58)43-25-36-54-52-21-15-14-19-50(52)51-20-16-17-22-53(51)56(54)39-43)59-23-18-24-60(63(59)68)70(49-32-26-44(27-33-49)64(2,3)4)61-42-71-62-38-31-47(41-57(61)62)66(8,9)10/h14-42H,13H2,1-12H3. The summed E-state index contributed by atoms with van der Waals surface area (Å²) in [5, 5.41) is 11.7. The molecule has 0 aliphatic carbocycles. The van der Waals surface area contributed by atoms with Crippen molar-refractivity contribution in [3.63, 3.8) is 0 Å². The molecule has 0 saturated carbocycles. The maximum atomic E-state index is 8.17. The monoisotopic (exact) mass is 966 g/mol. The van der Waals surface area contributed by atoms with Gasteiger partial charge < -0.3 is 9.80 Å². The minimum atomic E-state index is -0.0952. The second-order valence-electron chi connectivity index (χ2n) is 23.3. The van der Waals surface area contributed by atoms with E-state index in [0.29, 0.717) is 5.02 Å². The quantitative estimate of drug-likeness (QED) is 0.133. The van der Waals surface area contributed by atoms with Crippen LogP contribution in [0.3, 0.4) is 0 Å². The highest BCUT2D eigenvalue weighted by molar-refractivity contribution is 7.17. The number of fused-ring (bicyclic) bond motifs is 7. The summed E-state index contributed by atoms with van der Waals surface area (Å²) in [6.45, 7) is 27.5. The third-order valence-electron chi connectivity index (χ3n) is 15.0. The second kappa shape index (κ2) is 18.0. The number of benzene rings is 9. The highest BCUT2D eigenvalue weighted by atomic mass is 35.5. The van der Waals surface area contributed by atoms with Crippen LogP contribution in [0.25, 0.3) is 53.5 Å². The zero-order valence-corrected chi connectivity index (χ0v) is 45.2. The second-order valence-corrected chi connectivity index (χ2v) is 24.6. The van der Waals surface area contributed by atoms with Gasteiger partial charge in [-0.3, -0.25) is 0 Å². The largest absolute Gasteiger partial charge is 0.308 e. The van der Waals surface area contributed by atoms with Gasteiger partial charge in [-0.25, -0.2) is 0 Å². The zero-order chi connectivity index (χ0) is 50.2. The Hall–Kier alpha value is -6.39. The van der Waals surface area contributed by atoms with E-state index in [1.807, 2.05) is 0 Å². The van der Waals surface area contributed by atoms with Gasteiger partial charge in [0.25, 0.3) is 0 Å². The summed E-state index contributed by atoms with van der Waals surface area (Å²) in [6.07, 6.45) is 1.04. The van der Waals surface area contributed by atoms with E-state index in [4.69, 9.17) is 11.6 Å². The first-order valence-electron chi connectivity index (χ1n) is 25.3. The highest BCUT2D eigenvalue weighted by Crippen LogP contribution is 2.52. The van der Waals surface area contributed by atoms with Crippen molar-refractivity contribution in [2.45, 2.75) is 111 Å². The van der Waals surface area contributed by atoms with E-state index in [-0.39, 0.29) is 21.7 Å². The minimum Gasteiger partial charge on any atom is -0.308 e. The van der Waals surface area contributed by atoms with Gasteiger partial charge >= 0.3 is 0 Å². The lowest BCUT2D eigenvalue weighted by atomic mass is 9.82. The molecule has 0 N–H and O–H groups in total. The molecule has 10 aromatic rings. The third kappa shape index (κ3) is 8.91. The summed E-state index contributed by atoms with van der Waals surface area (Å²) in [7, 11) is 0. The van der Waals surface area contributed by atoms with Crippen LogP contribution in [0, 0.1) is 0 Å². The minimum absolute atomic E-state index is 0.00613. The molecule has 0 aliphatic rings. The van der Waals surface area contributed by atoms with Gasteiger partial charge in [-0.15, -0.1) is 11.3 Å². The van der Waals surface area contributed by atoms with Crippen molar-refractivity contribution in [3.8, 4) is 11.1 Å². The fraction of sp³-hybridized carbons (Fsp3) is 0.254. The van der Waals surface area contributed by atoms with Gasteiger partial charge in [0.2, 0.25) is 0 Å². The average Bonchev–Trinajstić information content (AvgIpc) is 3.77. The molecule has 2 nitrogen and oxygen atoms in total. The number of rotatable bonds is 9. The number of anilines is 6. The van der Waals surface area contributed by atoms with Crippen LogP contribution < -0.4 is 9.80 Å². The van der Waals surface area contributed by atoms with Crippen molar-refractivity contribution in [1.82, 2.24) is 0 Å². The van der Waals surface area contributed by atoms with Gasteiger partial charge in [0, 0.05) is 32.4 Å². The Morgan fingerprint density at radius 1 is 0.394 bits per heavy atom. The number of hydrogen-bond donors (Lipinski definition) is 0. The predicted molar refractivity (Wildman–Crippen MR) is 314 cm³/mol. The fourth-order valence-corrected chi connectivity index (χ4v) is 11.4. The average molecular weight is 968 g/mol. The van der Waals surface area contributed by atoms with E-state index < -0.39 is 0 Å². The molecule has 71 heavy (non-hydrogen) atoms. The molecular weight excluding hydrogens is 900 g/mol. The summed E-state index contributed by atoms with van der Waals surface area (Å²) in [6, 6.07) is 63.7. The molecule has 9 aromatic carbocycles. The third-order valence-corrected chi connectivity index (χ3v) is 16.4. The molecule has 0 atom stereocenters. The normalized spacial score (nSPS) is 12.6. The Labute approximate surface area is 431 Å². The van der Waals surface area contributed by atoms with E-state index in [1.165, 1.54) is 64.7 Å². The van der Waals surface area contributed by atoms with Crippen LogP contribution in [-0.2, 0) is 21.7 Å². The molecule has 1 heterocycles. The molecule has 4 heteroatoms. The Bertz CT molecular complexity index is 3580. The molecule has 10 rings (SSSR count). The number of hydrogen-bond acceptors (Lipinski definition) is 3. The van der Waals surface area contributed by atoms with Gasteiger partial charge in [0.05, 0.1) is 27.8 Å². The lowest BCUT2D eigenvalue weighted by molar-refractivity contribution is 0.506. The summed E-state index contributed by atoms with van der Waals surface area (Å²) in [5.41, 5.74) is 13.5. The first kappa shape index (κ1) is 48.2. The zero-order valence-electron chi connectivity index (χ0n) is 43.6. The molecular formula is C67H67ClN2S. The summed E-state index contributed by atoms with van der Waals surface area (Å²) in [4.78, 5) is 4.79. The fourth-order valence-electron chi connectivity index (χ4n) is 10.2. The molecule has 0 bridgehead atoms. The maximum absolute atomic E-state index is 8.17. The van der Waals surface area contributed by atoms with E-state index in [1.54, 1.807) is 11.3 Å². The smallest absolute Gasteiger partial charge is 0.0887 e. The Balaban J connectivity index is 1.24. The summed E-state index contributed by atoms with van der Waals surface area (Å²) >= 11 is 9.95. The maximum Gasteiger partial charge on any atom is 0.0887 e.